The van der Waals surface area contributed by atoms with Gasteiger partial charge in [0.25, 0.3) is 5.69 Å². The van der Waals surface area contributed by atoms with Gasteiger partial charge in [0.2, 0.25) is 0 Å². The average Bonchev–Trinajstić information content (AvgIpc) is 2.23. The topological polar surface area (TPSA) is 52.4 Å². The first kappa shape index (κ1) is 16.9. The van der Waals surface area contributed by atoms with E-state index in [1.165, 1.54) is 0 Å². The molecule has 0 aliphatic rings. The summed E-state index contributed by atoms with van der Waals surface area (Å²) in [5.41, 5.74) is -7.14. The summed E-state index contributed by atoms with van der Waals surface area (Å²) in [6, 6.07) is -0.185. The molecule has 118 valence electrons. The van der Waals surface area contributed by atoms with Crippen LogP contribution in [0.1, 0.15) is 11.1 Å². The van der Waals surface area contributed by atoms with Gasteiger partial charge in [0.15, 0.2) is 5.56 Å². The minimum absolute atomic E-state index is 0.0508. The number of benzene rings is 1. The van der Waals surface area contributed by atoms with Crippen LogP contribution in [-0.2, 0) is 12.4 Å². The van der Waals surface area contributed by atoms with Crippen LogP contribution in [0, 0.1) is 10.1 Å². The van der Waals surface area contributed by atoms with Crippen molar-refractivity contribution in [3.8, 4) is 5.75 Å². The number of halogens is 8. The zero-order chi connectivity index (χ0) is 16.6. The van der Waals surface area contributed by atoms with Crippen LogP contribution < -0.4 is 4.74 Å². The molecule has 4 nitrogen and oxygen atoms in total. The second-order valence-corrected chi connectivity index (χ2v) is 3.47. The van der Waals surface area contributed by atoms with E-state index in [2.05, 4.69) is 4.74 Å². The van der Waals surface area contributed by atoms with Gasteiger partial charge in [-0.1, -0.05) is 0 Å². The van der Waals surface area contributed by atoms with Crippen molar-refractivity contribution in [1.29, 1.82) is 0 Å². The number of nitro benzene ring substituents is 1. The van der Waals surface area contributed by atoms with Gasteiger partial charge in [-0.15, -0.1) is 0 Å². The summed E-state index contributed by atoms with van der Waals surface area (Å²) >= 11 is 0. The molecule has 0 N–H and O–H groups in total. The van der Waals surface area contributed by atoms with Crippen LogP contribution in [0.2, 0.25) is 0 Å². The lowest BCUT2D eigenvalue weighted by Gasteiger charge is -2.16. The molecule has 0 aliphatic carbocycles. The third kappa shape index (κ3) is 3.70. The van der Waals surface area contributed by atoms with Gasteiger partial charge in [0, 0.05) is 0 Å². The van der Waals surface area contributed by atoms with E-state index in [9.17, 15) is 45.2 Å². The highest BCUT2D eigenvalue weighted by Crippen LogP contribution is 2.48. The Hall–Kier alpha value is -2.14. The molecule has 1 aromatic carbocycles. The molecule has 1 aromatic rings. The fraction of sp³-hybridized carbons (Fsp3) is 0.333. The predicted molar refractivity (Wildman–Crippen MR) is 49.7 cm³/mol. The summed E-state index contributed by atoms with van der Waals surface area (Å²) in [5, 5.41) is 10.5. The molecule has 0 aliphatic heterocycles. The monoisotopic (exact) mass is 325 g/mol. The second kappa shape index (κ2) is 5.33. The molecule has 0 spiro atoms. The molecule has 12 heteroatoms. The van der Waals surface area contributed by atoms with E-state index >= 15 is 0 Å². The maximum absolute atomic E-state index is 12.7. The SMILES string of the molecule is O=[N+]([O-])c1c(C(F)(F)F)ccc(OC(F)F)c1C(F)(F)F. The minimum atomic E-state index is -5.70. The van der Waals surface area contributed by atoms with Crippen LogP contribution in [0.4, 0.5) is 40.8 Å². The summed E-state index contributed by atoms with van der Waals surface area (Å²) in [7, 11) is 0. The molecule has 0 bridgehead atoms. The van der Waals surface area contributed by atoms with Crippen LogP contribution in [0.5, 0.6) is 5.75 Å². The molecule has 0 heterocycles. The van der Waals surface area contributed by atoms with E-state index in [-0.39, 0.29) is 12.1 Å². The highest BCUT2D eigenvalue weighted by molar-refractivity contribution is 5.57. The van der Waals surface area contributed by atoms with Crippen molar-refractivity contribution in [2.24, 2.45) is 0 Å². The van der Waals surface area contributed by atoms with E-state index < -0.39 is 46.5 Å². The Morgan fingerprint density at radius 2 is 1.57 bits per heavy atom. The van der Waals surface area contributed by atoms with E-state index in [0.717, 1.165) is 0 Å². The lowest BCUT2D eigenvalue weighted by atomic mass is 10.0. The van der Waals surface area contributed by atoms with Gasteiger partial charge in [-0.3, -0.25) is 10.1 Å². The fourth-order valence-electron chi connectivity index (χ4n) is 1.46. The van der Waals surface area contributed by atoms with E-state index in [0.29, 0.717) is 0 Å². The summed E-state index contributed by atoms with van der Waals surface area (Å²) in [4.78, 5) is 8.58. The van der Waals surface area contributed by atoms with Crippen molar-refractivity contribution in [2.45, 2.75) is 19.0 Å². The molecule has 0 radical (unpaired) electrons. The summed E-state index contributed by atoms with van der Waals surface area (Å²) in [6.07, 6.45) is -11.2. The van der Waals surface area contributed by atoms with Gasteiger partial charge in [0.05, 0.1) is 4.92 Å². The molecule has 1 rings (SSSR count). The van der Waals surface area contributed by atoms with Crippen LogP contribution in [0.15, 0.2) is 12.1 Å². The molecule has 0 atom stereocenters. The summed E-state index contributed by atoms with van der Waals surface area (Å²) in [5.74, 6) is -1.77. The third-order valence-electron chi connectivity index (χ3n) is 2.13. The molecule has 0 aromatic heterocycles. The molecule has 21 heavy (non-hydrogen) atoms. The van der Waals surface area contributed by atoms with Crippen LogP contribution in [0.3, 0.4) is 0 Å². The van der Waals surface area contributed by atoms with Crippen molar-refractivity contribution in [2.75, 3.05) is 0 Å². The smallest absolute Gasteiger partial charge is 0.426 e. The van der Waals surface area contributed by atoms with E-state index in [1.54, 1.807) is 0 Å². The highest BCUT2D eigenvalue weighted by Gasteiger charge is 2.49. The molecule has 0 amide bonds. The van der Waals surface area contributed by atoms with Gasteiger partial charge in [-0.25, -0.2) is 0 Å². The maximum Gasteiger partial charge on any atom is 0.426 e. The van der Waals surface area contributed by atoms with Gasteiger partial charge in [-0.2, -0.15) is 35.1 Å². The number of hydrogen-bond acceptors (Lipinski definition) is 3. The number of alkyl halides is 8. The van der Waals surface area contributed by atoms with Crippen LogP contribution >= 0.6 is 0 Å². The Balaban J connectivity index is 3.76. The van der Waals surface area contributed by atoms with Crippen molar-refractivity contribution in [3.63, 3.8) is 0 Å². The van der Waals surface area contributed by atoms with Gasteiger partial charge >= 0.3 is 19.0 Å². The Morgan fingerprint density at radius 1 is 1.05 bits per heavy atom. The summed E-state index contributed by atoms with van der Waals surface area (Å²) in [6.45, 7) is -3.80. The first-order valence-electron chi connectivity index (χ1n) is 4.76. The second-order valence-electron chi connectivity index (χ2n) is 3.47. The Bertz CT molecular complexity index is 551. The quantitative estimate of drug-likeness (QED) is 0.475. The normalized spacial score (nSPS) is 12.6. The number of nitrogens with zero attached hydrogens (tertiary/aromatic N) is 1. The molecular weight excluding hydrogens is 322 g/mol. The minimum Gasteiger partial charge on any atom is -0.434 e. The maximum atomic E-state index is 12.7. The standard InChI is InChI=1S/C9H3F8NO3/c10-7(11)21-4-2-1-3(8(12,13)14)6(18(19)20)5(4)9(15,16)17/h1-2,7H. The largest absolute Gasteiger partial charge is 0.434 e. The Labute approximate surface area is 110 Å². The number of nitro groups is 1. The van der Waals surface area contributed by atoms with E-state index in [4.69, 9.17) is 0 Å². The number of rotatable bonds is 3. The molecule has 0 fully saturated rings. The zero-order valence-corrected chi connectivity index (χ0v) is 9.43. The van der Waals surface area contributed by atoms with Crippen LogP contribution in [-0.4, -0.2) is 11.5 Å². The van der Waals surface area contributed by atoms with Crippen molar-refractivity contribution < 1.29 is 44.8 Å². The number of ether oxygens (including phenoxy) is 1. The van der Waals surface area contributed by atoms with Crippen molar-refractivity contribution in [1.82, 2.24) is 0 Å². The molecular formula is C9H3F8NO3. The third-order valence-corrected chi connectivity index (χ3v) is 2.13. The average molecular weight is 325 g/mol. The van der Waals surface area contributed by atoms with Gasteiger partial charge in [-0.05, 0) is 12.1 Å². The fourth-order valence-corrected chi connectivity index (χ4v) is 1.46. The Morgan fingerprint density at radius 3 is 1.90 bits per heavy atom. The summed E-state index contributed by atoms with van der Waals surface area (Å²) < 4.78 is 103. The molecule has 0 unspecified atom stereocenters. The first-order valence-corrected chi connectivity index (χ1v) is 4.76. The highest BCUT2D eigenvalue weighted by atomic mass is 19.4. The molecule has 0 saturated carbocycles. The first-order chi connectivity index (χ1) is 9.35. The van der Waals surface area contributed by atoms with Crippen LogP contribution in [0.25, 0.3) is 0 Å². The zero-order valence-electron chi connectivity index (χ0n) is 9.43. The van der Waals surface area contributed by atoms with Gasteiger partial charge < -0.3 is 4.74 Å². The van der Waals surface area contributed by atoms with Gasteiger partial charge in [0.1, 0.15) is 11.3 Å². The Kier molecular flexibility index (Phi) is 4.29. The predicted octanol–water partition coefficient (Wildman–Crippen LogP) is 4.23. The molecule has 0 saturated heterocycles. The lowest BCUT2D eigenvalue weighted by molar-refractivity contribution is -0.391. The van der Waals surface area contributed by atoms with Crippen molar-refractivity contribution >= 4 is 5.69 Å². The van der Waals surface area contributed by atoms with E-state index in [1.807, 2.05) is 0 Å². The number of hydrogen-bond donors (Lipinski definition) is 0. The lowest BCUT2D eigenvalue weighted by Crippen LogP contribution is -2.18. The van der Waals surface area contributed by atoms with Crippen molar-refractivity contribution in [3.05, 3.63) is 33.4 Å².